The first-order valence-corrected chi connectivity index (χ1v) is 7.64. The van der Waals surface area contributed by atoms with E-state index in [0.717, 1.165) is 6.42 Å². The summed E-state index contributed by atoms with van der Waals surface area (Å²) in [6.45, 7) is 4.65. The third-order valence-electron chi connectivity index (χ3n) is 2.85. The number of amides is 2. The summed E-state index contributed by atoms with van der Waals surface area (Å²) in [5.74, 6) is -1.10. The van der Waals surface area contributed by atoms with Gasteiger partial charge in [-0.15, -0.1) is 11.3 Å². The van der Waals surface area contributed by atoms with Crippen LogP contribution in [0.1, 0.15) is 25.1 Å². The Kier molecular flexibility index (Phi) is 7.08. The lowest BCUT2D eigenvalue weighted by molar-refractivity contribution is -0.142. The van der Waals surface area contributed by atoms with E-state index in [4.69, 9.17) is 5.11 Å². The quantitative estimate of drug-likeness (QED) is 0.689. The summed E-state index contributed by atoms with van der Waals surface area (Å²) in [6.07, 6.45) is 1.35. The van der Waals surface area contributed by atoms with E-state index in [2.05, 4.69) is 10.6 Å². The monoisotopic (exact) mass is 298 g/mol. The summed E-state index contributed by atoms with van der Waals surface area (Å²) in [5.41, 5.74) is 0. The fraction of sp³-hybridized carbons (Fsp3) is 0.571. The summed E-state index contributed by atoms with van der Waals surface area (Å²) in [6, 6.07) is 3.69. The molecule has 2 amide bonds. The van der Waals surface area contributed by atoms with Gasteiger partial charge in [-0.2, -0.15) is 0 Å². The highest BCUT2D eigenvalue weighted by Gasteiger charge is 2.19. The number of urea groups is 1. The molecule has 0 aromatic carbocycles. The van der Waals surface area contributed by atoms with Gasteiger partial charge in [0.25, 0.3) is 0 Å². The lowest BCUT2D eigenvalue weighted by Crippen LogP contribution is -2.40. The standard InChI is InChI=1S/C14H22N2O3S/c1-10(2)8-11(13(17)18)9-16-14(19)15-6-5-12-4-3-7-20-12/h3-4,7,10-11H,5-6,8-9H2,1-2H3,(H,17,18)(H2,15,16,19). The first kappa shape index (κ1) is 16.5. The van der Waals surface area contributed by atoms with Crippen molar-refractivity contribution in [2.24, 2.45) is 11.8 Å². The number of carboxylic acids is 1. The molecule has 0 spiro atoms. The van der Waals surface area contributed by atoms with Crippen LogP contribution in [-0.4, -0.2) is 30.2 Å². The lowest BCUT2D eigenvalue weighted by atomic mass is 9.97. The minimum atomic E-state index is -0.863. The maximum absolute atomic E-state index is 11.6. The molecule has 1 unspecified atom stereocenters. The van der Waals surface area contributed by atoms with Gasteiger partial charge in [0, 0.05) is 18.0 Å². The SMILES string of the molecule is CC(C)CC(CNC(=O)NCCc1cccs1)C(=O)O. The van der Waals surface area contributed by atoms with Crippen LogP contribution in [0.3, 0.4) is 0 Å². The Morgan fingerprint density at radius 1 is 1.35 bits per heavy atom. The van der Waals surface area contributed by atoms with Gasteiger partial charge in [-0.05, 0) is 30.2 Å². The number of carbonyl (C=O) groups excluding carboxylic acids is 1. The fourth-order valence-electron chi connectivity index (χ4n) is 1.87. The molecule has 5 nitrogen and oxygen atoms in total. The first-order chi connectivity index (χ1) is 9.49. The molecular weight excluding hydrogens is 276 g/mol. The van der Waals surface area contributed by atoms with Crippen molar-refractivity contribution in [2.45, 2.75) is 26.7 Å². The van der Waals surface area contributed by atoms with Crippen molar-refractivity contribution in [3.05, 3.63) is 22.4 Å². The molecule has 1 aromatic rings. The Labute approximate surface area is 123 Å². The van der Waals surface area contributed by atoms with E-state index in [1.165, 1.54) is 4.88 Å². The smallest absolute Gasteiger partial charge is 0.314 e. The van der Waals surface area contributed by atoms with Gasteiger partial charge in [0.15, 0.2) is 0 Å². The molecule has 0 bridgehead atoms. The Morgan fingerprint density at radius 3 is 2.65 bits per heavy atom. The van der Waals surface area contributed by atoms with Gasteiger partial charge in [-0.3, -0.25) is 4.79 Å². The Bertz CT molecular complexity index is 418. The summed E-state index contributed by atoms with van der Waals surface area (Å²) in [7, 11) is 0. The molecule has 0 aliphatic heterocycles. The van der Waals surface area contributed by atoms with Crippen molar-refractivity contribution in [3.8, 4) is 0 Å². The largest absolute Gasteiger partial charge is 0.481 e. The predicted molar refractivity (Wildman–Crippen MR) is 80.0 cm³/mol. The Balaban J connectivity index is 2.22. The Hall–Kier alpha value is -1.56. The van der Waals surface area contributed by atoms with Gasteiger partial charge in [0.05, 0.1) is 5.92 Å². The van der Waals surface area contributed by atoms with Gasteiger partial charge >= 0.3 is 12.0 Å². The number of hydrogen-bond acceptors (Lipinski definition) is 3. The topological polar surface area (TPSA) is 78.4 Å². The molecule has 0 aliphatic carbocycles. The van der Waals surface area contributed by atoms with Gasteiger partial charge in [0.1, 0.15) is 0 Å². The zero-order valence-corrected chi connectivity index (χ0v) is 12.7. The maximum Gasteiger partial charge on any atom is 0.314 e. The molecule has 1 atom stereocenters. The highest BCUT2D eigenvalue weighted by Crippen LogP contribution is 2.11. The van der Waals surface area contributed by atoms with Crippen LogP contribution in [0.25, 0.3) is 0 Å². The molecule has 1 aromatic heterocycles. The molecule has 0 radical (unpaired) electrons. The Morgan fingerprint density at radius 2 is 2.10 bits per heavy atom. The van der Waals surface area contributed by atoms with E-state index in [0.29, 0.717) is 18.9 Å². The average molecular weight is 298 g/mol. The summed E-state index contributed by atoms with van der Waals surface area (Å²) >= 11 is 1.65. The van der Waals surface area contributed by atoms with Gasteiger partial charge in [0.2, 0.25) is 0 Å². The molecule has 1 rings (SSSR count). The van der Waals surface area contributed by atoms with Crippen molar-refractivity contribution >= 4 is 23.3 Å². The van der Waals surface area contributed by atoms with E-state index < -0.39 is 11.9 Å². The van der Waals surface area contributed by atoms with E-state index in [9.17, 15) is 9.59 Å². The van der Waals surface area contributed by atoms with E-state index >= 15 is 0 Å². The van der Waals surface area contributed by atoms with Gasteiger partial charge in [-0.25, -0.2) is 4.79 Å². The summed E-state index contributed by atoms with van der Waals surface area (Å²) < 4.78 is 0. The van der Waals surface area contributed by atoms with E-state index in [-0.39, 0.29) is 12.6 Å². The third kappa shape index (κ3) is 6.56. The van der Waals surface area contributed by atoms with Crippen molar-refractivity contribution in [1.29, 1.82) is 0 Å². The molecule has 0 saturated carbocycles. The molecule has 0 aliphatic rings. The van der Waals surface area contributed by atoms with E-state index in [1.54, 1.807) is 11.3 Å². The lowest BCUT2D eigenvalue weighted by Gasteiger charge is -2.15. The number of thiophene rings is 1. The maximum atomic E-state index is 11.6. The van der Waals surface area contributed by atoms with Crippen LogP contribution in [0.15, 0.2) is 17.5 Å². The number of nitrogens with one attached hydrogen (secondary N) is 2. The molecule has 0 saturated heterocycles. The van der Waals surface area contributed by atoms with Crippen molar-refractivity contribution in [1.82, 2.24) is 10.6 Å². The van der Waals surface area contributed by atoms with Crippen LogP contribution in [0.4, 0.5) is 4.79 Å². The van der Waals surface area contributed by atoms with Crippen LogP contribution >= 0.6 is 11.3 Å². The van der Waals surface area contributed by atoms with Crippen LogP contribution in [0.2, 0.25) is 0 Å². The second-order valence-corrected chi connectivity index (χ2v) is 6.16. The molecule has 6 heteroatoms. The number of rotatable bonds is 8. The molecule has 20 heavy (non-hydrogen) atoms. The summed E-state index contributed by atoms with van der Waals surface area (Å²) in [5, 5.41) is 16.4. The molecule has 3 N–H and O–H groups in total. The van der Waals surface area contributed by atoms with Crippen molar-refractivity contribution in [3.63, 3.8) is 0 Å². The predicted octanol–water partition coefficient (Wildman–Crippen LogP) is 2.34. The minimum Gasteiger partial charge on any atom is -0.481 e. The van der Waals surface area contributed by atoms with Crippen molar-refractivity contribution < 1.29 is 14.7 Å². The van der Waals surface area contributed by atoms with Crippen LogP contribution in [0, 0.1) is 11.8 Å². The van der Waals surface area contributed by atoms with Gasteiger partial charge in [-0.1, -0.05) is 19.9 Å². The molecule has 1 heterocycles. The van der Waals surface area contributed by atoms with Crippen LogP contribution in [0.5, 0.6) is 0 Å². The van der Waals surface area contributed by atoms with Crippen molar-refractivity contribution in [2.75, 3.05) is 13.1 Å². The number of carboxylic acid groups (broad SMARTS) is 1. The van der Waals surface area contributed by atoms with Crippen LogP contribution in [-0.2, 0) is 11.2 Å². The summed E-state index contributed by atoms with van der Waals surface area (Å²) in [4.78, 5) is 23.8. The van der Waals surface area contributed by atoms with Gasteiger partial charge < -0.3 is 15.7 Å². The second-order valence-electron chi connectivity index (χ2n) is 5.13. The average Bonchev–Trinajstić information content (AvgIpc) is 2.86. The van der Waals surface area contributed by atoms with E-state index in [1.807, 2.05) is 31.4 Å². The zero-order chi connectivity index (χ0) is 15.0. The van der Waals surface area contributed by atoms with Crippen LogP contribution < -0.4 is 10.6 Å². The second kappa shape index (κ2) is 8.58. The highest BCUT2D eigenvalue weighted by molar-refractivity contribution is 7.09. The fourth-order valence-corrected chi connectivity index (χ4v) is 2.58. The molecule has 0 fully saturated rings. The zero-order valence-electron chi connectivity index (χ0n) is 11.9. The highest BCUT2D eigenvalue weighted by atomic mass is 32.1. The number of carbonyl (C=O) groups is 2. The number of hydrogen-bond donors (Lipinski definition) is 3. The third-order valence-corrected chi connectivity index (χ3v) is 3.79. The number of aliphatic carboxylic acids is 1. The minimum absolute atomic E-state index is 0.165. The normalized spacial score (nSPS) is 12.2. The molecule has 112 valence electrons. The molecular formula is C14H22N2O3S. The first-order valence-electron chi connectivity index (χ1n) is 6.76.